The highest BCUT2D eigenvalue weighted by Gasteiger charge is 2.10. The molecule has 0 spiro atoms. The van der Waals surface area contributed by atoms with Gasteiger partial charge >= 0.3 is 5.97 Å². The molecule has 0 aliphatic carbocycles. The zero-order valence-electron chi connectivity index (χ0n) is 7.71. The molecule has 2 heterocycles. The maximum absolute atomic E-state index is 10.6. The standard InChI is InChI=1S/C8H6N4O2S/c1-4-9-11-7(12-10-4)5-2-3-6(15-5)8(13)14/h2-3H,1H3,(H,13,14). The van der Waals surface area contributed by atoms with Gasteiger partial charge in [0.15, 0.2) is 5.82 Å². The van der Waals surface area contributed by atoms with Gasteiger partial charge in [0.2, 0.25) is 5.82 Å². The third-order valence-corrected chi connectivity index (χ3v) is 2.69. The van der Waals surface area contributed by atoms with Crippen molar-refractivity contribution in [1.29, 1.82) is 0 Å². The zero-order chi connectivity index (χ0) is 10.8. The molecule has 7 heteroatoms. The Morgan fingerprint density at radius 2 is 1.93 bits per heavy atom. The molecule has 2 rings (SSSR count). The molecule has 0 aromatic carbocycles. The molecular weight excluding hydrogens is 216 g/mol. The first kappa shape index (κ1) is 9.66. The summed E-state index contributed by atoms with van der Waals surface area (Å²) in [5, 5.41) is 23.8. The molecule has 76 valence electrons. The van der Waals surface area contributed by atoms with Crippen molar-refractivity contribution < 1.29 is 9.90 Å². The van der Waals surface area contributed by atoms with Gasteiger partial charge in [0.25, 0.3) is 0 Å². The summed E-state index contributed by atoms with van der Waals surface area (Å²) in [6.45, 7) is 1.68. The van der Waals surface area contributed by atoms with Gasteiger partial charge in [-0.05, 0) is 19.1 Å². The number of thiophene rings is 1. The third kappa shape index (κ3) is 1.96. The van der Waals surface area contributed by atoms with E-state index in [0.717, 1.165) is 11.3 Å². The molecule has 0 saturated carbocycles. The van der Waals surface area contributed by atoms with Gasteiger partial charge in [-0.15, -0.1) is 31.7 Å². The molecule has 0 atom stereocenters. The predicted octanol–water partition coefficient (Wildman–Crippen LogP) is 1.00. The molecule has 15 heavy (non-hydrogen) atoms. The Morgan fingerprint density at radius 1 is 1.27 bits per heavy atom. The fourth-order valence-corrected chi connectivity index (χ4v) is 1.72. The lowest BCUT2D eigenvalue weighted by atomic mass is 10.4. The Kier molecular flexibility index (Phi) is 2.38. The van der Waals surface area contributed by atoms with Crippen molar-refractivity contribution in [2.45, 2.75) is 6.92 Å². The van der Waals surface area contributed by atoms with Gasteiger partial charge in [0.1, 0.15) is 4.88 Å². The molecule has 0 saturated heterocycles. The number of aryl methyl sites for hydroxylation is 1. The second kappa shape index (κ2) is 3.70. The molecular formula is C8H6N4O2S. The van der Waals surface area contributed by atoms with Crippen molar-refractivity contribution in [2.24, 2.45) is 0 Å². The summed E-state index contributed by atoms with van der Waals surface area (Å²) in [4.78, 5) is 11.5. The number of aromatic nitrogens is 4. The summed E-state index contributed by atoms with van der Waals surface area (Å²) in [5.74, 6) is -0.133. The van der Waals surface area contributed by atoms with E-state index in [-0.39, 0.29) is 4.88 Å². The minimum absolute atomic E-state index is 0.245. The van der Waals surface area contributed by atoms with Crippen LogP contribution in [0.25, 0.3) is 10.7 Å². The van der Waals surface area contributed by atoms with Crippen molar-refractivity contribution in [3.8, 4) is 10.7 Å². The first-order valence-electron chi connectivity index (χ1n) is 4.04. The minimum Gasteiger partial charge on any atom is -0.477 e. The smallest absolute Gasteiger partial charge is 0.345 e. The van der Waals surface area contributed by atoms with E-state index in [2.05, 4.69) is 20.4 Å². The number of hydrogen-bond acceptors (Lipinski definition) is 6. The number of rotatable bonds is 2. The van der Waals surface area contributed by atoms with Crippen LogP contribution in [0.5, 0.6) is 0 Å². The van der Waals surface area contributed by atoms with Gasteiger partial charge in [-0.25, -0.2) is 4.79 Å². The summed E-state index contributed by atoms with van der Waals surface area (Å²) >= 11 is 1.10. The first-order chi connectivity index (χ1) is 7.16. The first-order valence-corrected chi connectivity index (χ1v) is 4.86. The number of nitrogens with zero attached hydrogens (tertiary/aromatic N) is 4. The average molecular weight is 222 g/mol. The van der Waals surface area contributed by atoms with Crippen molar-refractivity contribution in [1.82, 2.24) is 20.4 Å². The van der Waals surface area contributed by atoms with E-state index >= 15 is 0 Å². The van der Waals surface area contributed by atoms with Crippen molar-refractivity contribution >= 4 is 17.3 Å². The maximum atomic E-state index is 10.6. The molecule has 0 bridgehead atoms. The van der Waals surface area contributed by atoms with Gasteiger partial charge in [0.05, 0.1) is 4.88 Å². The van der Waals surface area contributed by atoms with Crippen LogP contribution in [0.2, 0.25) is 0 Å². The summed E-state index contributed by atoms with van der Waals surface area (Å²) in [6.07, 6.45) is 0. The van der Waals surface area contributed by atoms with E-state index in [1.165, 1.54) is 6.07 Å². The monoisotopic (exact) mass is 222 g/mol. The van der Waals surface area contributed by atoms with Crippen molar-refractivity contribution in [2.75, 3.05) is 0 Å². The topological polar surface area (TPSA) is 88.9 Å². The second-order valence-corrected chi connectivity index (χ2v) is 3.82. The van der Waals surface area contributed by atoms with Gasteiger partial charge in [0, 0.05) is 0 Å². The van der Waals surface area contributed by atoms with Crippen LogP contribution in [0.1, 0.15) is 15.5 Å². The molecule has 1 N–H and O–H groups in total. The Morgan fingerprint density at radius 3 is 2.47 bits per heavy atom. The van der Waals surface area contributed by atoms with Crippen molar-refractivity contribution in [3.05, 3.63) is 22.8 Å². The number of carboxylic acids is 1. The maximum Gasteiger partial charge on any atom is 0.345 e. The molecule has 0 aliphatic rings. The lowest BCUT2D eigenvalue weighted by Crippen LogP contribution is -1.97. The van der Waals surface area contributed by atoms with Crippen LogP contribution >= 0.6 is 11.3 Å². The molecule has 0 aliphatic heterocycles. The Balaban J connectivity index is 2.37. The summed E-state index contributed by atoms with van der Waals surface area (Å²) in [6, 6.07) is 3.15. The van der Waals surface area contributed by atoms with E-state index in [9.17, 15) is 4.79 Å². The minimum atomic E-state index is -0.959. The number of hydrogen-bond donors (Lipinski definition) is 1. The predicted molar refractivity (Wildman–Crippen MR) is 52.6 cm³/mol. The Labute approximate surface area is 88.6 Å². The Bertz CT molecular complexity index is 494. The lowest BCUT2D eigenvalue weighted by Gasteiger charge is -1.92. The zero-order valence-corrected chi connectivity index (χ0v) is 8.52. The molecule has 2 aromatic heterocycles. The number of carbonyl (C=O) groups is 1. The average Bonchev–Trinajstić information content (AvgIpc) is 2.68. The summed E-state index contributed by atoms with van der Waals surface area (Å²) in [5.41, 5.74) is 0. The third-order valence-electron chi connectivity index (χ3n) is 1.62. The van der Waals surface area contributed by atoms with Crippen LogP contribution in [-0.4, -0.2) is 31.5 Å². The fourth-order valence-electron chi connectivity index (χ4n) is 0.951. The molecule has 0 amide bonds. The van der Waals surface area contributed by atoms with Crippen LogP contribution in [0, 0.1) is 6.92 Å². The quantitative estimate of drug-likeness (QED) is 0.815. The van der Waals surface area contributed by atoms with E-state index < -0.39 is 5.97 Å². The van der Waals surface area contributed by atoms with E-state index in [1.54, 1.807) is 13.0 Å². The molecule has 0 radical (unpaired) electrons. The summed E-state index contributed by atoms with van der Waals surface area (Å²) in [7, 11) is 0. The van der Waals surface area contributed by atoms with E-state index in [1.807, 2.05) is 0 Å². The summed E-state index contributed by atoms with van der Waals surface area (Å²) < 4.78 is 0. The van der Waals surface area contributed by atoms with E-state index in [0.29, 0.717) is 16.5 Å². The number of carboxylic acid groups (broad SMARTS) is 1. The largest absolute Gasteiger partial charge is 0.477 e. The van der Waals surface area contributed by atoms with Crippen LogP contribution in [0.3, 0.4) is 0 Å². The van der Waals surface area contributed by atoms with Gasteiger partial charge in [-0.2, -0.15) is 0 Å². The van der Waals surface area contributed by atoms with Gasteiger partial charge in [-0.3, -0.25) is 0 Å². The fraction of sp³-hybridized carbons (Fsp3) is 0.125. The van der Waals surface area contributed by atoms with Crippen LogP contribution in [0.4, 0.5) is 0 Å². The number of aromatic carboxylic acids is 1. The normalized spacial score (nSPS) is 10.2. The van der Waals surface area contributed by atoms with Crippen molar-refractivity contribution in [3.63, 3.8) is 0 Å². The highest BCUT2D eigenvalue weighted by Crippen LogP contribution is 2.24. The molecule has 2 aromatic rings. The molecule has 6 nitrogen and oxygen atoms in total. The van der Waals surface area contributed by atoms with E-state index in [4.69, 9.17) is 5.11 Å². The Hall–Kier alpha value is -1.89. The lowest BCUT2D eigenvalue weighted by molar-refractivity contribution is 0.0702. The highest BCUT2D eigenvalue weighted by atomic mass is 32.1. The molecule has 0 fully saturated rings. The van der Waals surface area contributed by atoms with Gasteiger partial charge < -0.3 is 5.11 Å². The van der Waals surface area contributed by atoms with Crippen LogP contribution < -0.4 is 0 Å². The van der Waals surface area contributed by atoms with Gasteiger partial charge in [-0.1, -0.05) is 0 Å². The molecule has 0 unspecified atom stereocenters. The van der Waals surface area contributed by atoms with Crippen LogP contribution in [-0.2, 0) is 0 Å². The SMILES string of the molecule is Cc1nnc(-c2ccc(C(=O)O)s2)nn1. The second-order valence-electron chi connectivity index (χ2n) is 2.74. The highest BCUT2D eigenvalue weighted by molar-refractivity contribution is 7.17. The van der Waals surface area contributed by atoms with Crippen LogP contribution in [0.15, 0.2) is 12.1 Å².